The maximum atomic E-state index is 13.9. The lowest BCUT2D eigenvalue weighted by Gasteiger charge is -2.37. The van der Waals surface area contributed by atoms with Gasteiger partial charge in [-0.2, -0.15) is 0 Å². The van der Waals surface area contributed by atoms with Crippen molar-refractivity contribution in [2.45, 2.75) is 24.7 Å². The lowest BCUT2D eigenvalue weighted by Crippen LogP contribution is -2.56. The average molecular weight is 375 g/mol. The van der Waals surface area contributed by atoms with Gasteiger partial charge >= 0.3 is 0 Å². The standard InChI is InChI=1S/C17H24ClFN2O4/c1-21(6-8-24-2)10-15-16(22)14(5-7-25-15)20-17(23)12-4-3-11(18)9-13(12)19/h3-4,9,14-16,22H,5-8,10H2,1-2H3,(H,20,23)/t14-,15+,16-/m0/s1. The van der Waals surface area contributed by atoms with Gasteiger partial charge in [0.1, 0.15) is 11.9 Å². The third kappa shape index (κ3) is 5.62. The van der Waals surface area contributed by atoms with E-state index in [0.717, 1.165) is 6.07 Å². The first kappa shape index (κ1) is 20.1. The summed E-state index contributed by atoms with van der Waals surface area (Å²) in [5, 5.41) is 13.4. The highest BCUT2D eigenvalue weighted by atomic mass is 35.5. The van der Waals surface area contributed by atoms with Crippen LogP contribution in [-0.4, -0.2) is 74.6 Å². The van der Waals surface area contributed by atoms with Gasteiger partial charge in [0, 0.05) is 31.8 Å². The molecule has 0 unspecified atom stereocenters. The van der Waals surface area contributed by atoms with Crippen LogP contribution in [0.1, 0.15) is 16.8 Å². The highest BCUT2D eigenvalue weighted by Gasteiger charge is 2.34. The minimum absolute atomic E-state index is 0.100. The summed E-state index contributed by atoms with van der Waals surface area (Å²) in [7, 11) is 3.53. The van der Waals surface area contributed by atoms with Crippen LogP contribution in [0.5, 0.6) is 0 Å². The van der Waals surface area contributed by atoms with Gasteiger partial charge in [-0.05, 0) is 31.7 Å². The van der Waals surface area contributed by atoms with Crippen LogP contribution in [0, 0.1) is 5.82 Å². The summed E-state index contributed by atoms with van der Waals surface area (Å²) >= 11 is 5.70. The van der Waals surface area contributed by atoms with Gasteiger partial charge in [0.05, 0.1) is 24.3 Å². The Morgan fingerprint density at radius 3 is 3.00 bits per heavy atom. The summed E-state index contributed by atoms with van der Waals surface area (Å²) in [5.74, 6) is -1.27. The third-order valence-corrected chi connectivity index (χ3v) is 4.45. The number of nitrogens with zero attached hydrogens (tertiary/aromatic N) is 1. The van der Waals surface area contributed by atoms with Crippen molar-refractivity contribution in [3.05, 3.63) is 34.6 Å². The number of aliphatic hydroxyl groups excluding tert-OH is 1. The normalized spacial score (nSPS) is 23.7. The molecule has 0 aliphatic carbocycles. The van der Waals surface area contributed by atoms with E-state index in [2.05, 4.69) is 5.32 Å². The number of benzene rings is 1. The summed E-state index contributed by atoms with van der Waals surface area (Å²) < 4.78 is 24.5. The molecule has 2 N–H and O–H groups in total. The van der Waals surface area contributed by atoms with Gasteiger partial charge < -0.3 is 24.8 Å². The Hall–Kier alpha value is -1.25. The molecule has 1 aromatic rings. The Kier molecular flexibility index (Phi) is 7.58. The Morgan fingerprint density at radius 2 is 2.32 bits per heavy atom. The molecule has 140 valence electrons. The number of aliphatic hydroxyl groups is 1. The first-order valence-electron chi connectivity index (χ1n) is 8.15. The van der Waals surface area contributed by atoms with E-state index in [1.54, 1.807) is 7.11 Å². The Labute approximate surface area is 151 Å². The molecule has 0 spiro atoms. The van der Waals surface area contributed by atoms with Gasteiger partial charge in [-0.15, -0.1) is 0 Å². The molecule has 1 heterocycles. The van der Waals surface area contributed by atoms with Crippen molar-refractivity contribution in [3.8, 4) is 0 Å². The molecule has 1 saturated heterocycles. The summed E-state index contributed by atoms with van der Waals surface area (Å²) in [6.45, 7) is 2.20. The lowest BCUT2D eigenvalue weighted by atomic mass is 9.98. The first-order valence-corrected chi connectivity index (χ1v) is 8.53. The fraction of sp³-hybridized carbons (Fsp3) is 0.588. The first-order chi connectivity index (χ1) is 11.9. The van der Waals surface area contributed by atoms with Crippen LogP contribution in [-0.2, 0) is 9.47 Å². The number of hydrogen-bond donors (Lipinski definition) is 2. The molecule has 0 radical (unpaired) electrons. The van der Waals surface area contributed by atoms with Gasteiger partial charge in [0.2, 0.25) is 0 Å². The highest BCUT2D eigenvalue weighted by molar-refractivity contribution is 6.30. The molecule has 1 amide bonds. The SMILES string of the molecule is COCCN(C)C[C@H]1OCC[C@H](NC(=O)c2ccc(Cl)cc2F)[C@@H]1O. The van der Waals surface area contributed by atoms with E-state index < -0.39 is 30.0 Å². The number of hydrogen-bond acceptors (Lipinski definition) is 5. The Balaban J connectivity index is 1.95. The topological polar surface area (TPSA) is 71.0 Å². The molecule has 0 saturated carbocycles. The molecule has 25 heavy (non-hydrogen) atoms. The van der Waals surface area contributed by atoms with E-state index in [0.29, 0.717) is 32.7 Å². The zero-order valence-electron chi connectivity index (χ0n) is 14.4. The summed E-state index contributed by atoms with van der Waals surface area (Å²) in [5.41, 5.74) is -0.100. The number of amides is 1. The van der Waals surface area contributed by atoms with E-state index in [1.165, 1.54) is 12.1 Å². The number of rotatable bonds is 7. The van der Waals surface area contributed by atoms with Crippen molar-refractivity contribution in [2.24, 2.45) is 0 Å². The minimum atomic E-state index is -0.877. The van der Waals surface area contributed by atoms with Crippen LogP contribution in [0.2, 0.25) is 5.02 Å². The van der Waals surface area contributed by atoms with Crippen LogP contribution in [0.25, 0.3) is 0 Å². The molecule has 0 bridgehead atoms. The van der Waals surface area contributed by atoms with Crippen molar-refractivity contribution in [3.63, 3.8) is 0 Å². The van der Waals surface area contributed by atoms with E-state index >= 15 is 0 Å². The number of ether oxygens (including phenoxy) is 2. The average Bonchev–Trinajstić information content (AvgIpc) is 2.56. The van der Waals surface area contributed by atoms with Crippen molar-refractivity contribution in [1.82, 2.24) is 10.2 Å². The van der Waals surface area contributed by atoms with Gasteiger partial charge in [-0.25, -0.2) is 4.39 Å². The largest absolute Gasteiger partial charge is 0.388 e. The zero-order chi connectivity index (χ0) is 18.4. The molecule has 1 aliphatic rings. The fourth-order valence-corrected chi connectivity index (χ4v) is 2.92. The van der Waals surface area contributed by atoms with E-state index in [1.807, 2.05) is 11.9 Å². The molecule has 1 aliphatic heterocycles. The van der Waals surface area contributed by atoms with Crippen LogP contribution >= 0.6 is 11.6 Å². The van der Waals surface area contributed by atoms with E-state index in [9.17, 15) is 14.3 Å². The summed E-state index contributed by atoms with van der Waals surface area (Å²) in [6, 6.07) is 3.37. The Morgan fingerprint density at radius 1 is 1.56 bits per heavy atom. The molecule has 0 aromatic heterocycles. The lowest BCUT2D eigenvalue weighted by molar-refractivity contribution is -0.0983. The molecular weight excluding hydrogens is 351 g/mol. The minimum Gasteiger partial charge on any atom is -0.388 e. The second-order valence-electron chi connectivity index (χ2n) is 6.15. The molecule has 6 nitrogen and oxygen atoms in total. The number of methoxy groups -OCH3 is 1. The van der Waals surface area contributed by atoms with E-state index in [4.69, 9.17) is 21.1 Å². The maximum absolute atomic E-state index is 13.9. The second kappa shape index (κ2) is 9.45. The summed E-state index contributed by atoms with van der Waals surface area (Å²) in [4.78, 5) is 14.3. The van der Waals surface area contributed by atoms with Crippen LogP contribution in [0.15, 0.2) is 18.2 Å². The van der Waals surface area contributed by atoms with E-state index in [-0.39, 0.29) is 10.6 Å². The third-order valence-electron chi connectivity index (χ3n) is 4.21. The predicted molar refractivity (Wildman–Crippen MR) is 92.4 cm³/mol. The monoisotopic (exact) mass is 374 g/mol. The van der Waals surface area contributed by atoms with Gasteiger partial charge in [-0.1, -0.05) is 11.6 Å². The van der Waals surface area contributed by atoms with Crippen LogP contribution < -0.4 is 5.32 Å². The highest BCUT2D eigenvalue weighted by Crippen LogP contribution is 2.18. The summed E-state index contributed by atoms with van der Waals surface area (Å²) in [6.07, 6.45) is -0.852. The number of carbonyl (C=O) groups excluding carboxylic acids is 1. The van der Waals surface area contributed by atoms with Crippen molar-refractivity contribution in [2.75, 3.05) is 40.5 Å². The number of halogens is 2. The zero-order valence-corrected chi connectivity index (χ0v) is 15.1. The van der Waals surface area contributed by atoms with Crippen molar-refractivity contribution in [1.29, 1.82) is 0 Å². The number of likely N-dealkylation sites (N-methyl/N-ethyl adjacent to an activating group) is 1. The molecule has 1 aromatic carbocycles. The predicted octanol–water partition coefficient (Wildman–Crippen LogP) is 1.31. The Bertz CT molecular complexity index is 590. The van der Waals surface area contributed by atoms with Crippen LogP contribution in [0.4, 0.5) is 4.39 Å². The second-order valence-corrected chi connectivity index (χ2v) is 6.58. The number of nitrogens with one attached hydrogen (secondary N) is 1. The number of carbonyl (C=O) groups is 1. The molecular formula is C17H24ClFN2O4. The van der Waals surface area contributed by atoms with Crippen molar-refractivity contribution >= 4 is 17.5 Å². The quantitative estimate of drug-likeness (QED) is 0.753. The van der Waals surface area contributed by atoms with Gasteiger partial charge in [-0.3, -0.25) is 4.79 Å². The fourth-order valence-electron chi connectivity index (χ4n) is 2.76. The molecule has 3 atom stereocenters. The molecule has 8 heteroatoms. The molecule has 1 fully saturated rings. The molecule has 2 rings (SSSR count). The van der Waals surface area contributed by atoms with Gasteiger partial charge in [0.25, 0.3) is 5.91 Å². The maximum Gasteiger partial charge on any atom is 0.254 e. The smallest absolute Gasteiger partial charge is 0.254 e. The van der Waals surface area contributed by atoms with Crippen LogP contribution in [0.3, 0.4) is 0 Å². The van der Waals surface area contributed by atoms with Gasteiger partial charge in [0.15, 0.2) is 0 Å². The van der Waals surface area contributed by atoms with Crippen molar-refractivity contribution < 1.29 is 23.8 Å².